The Kier molecular flexibility index (Phi) is 33.8. The second kappa shape index (κ2) is 22.5. The fourth-order valence-electron chi connectivity index (χ4n) is 0.340. The van der Waals surface area contributed by atoms with Gasteiger partial charge in [0.2, 0.25) is 0 Å². The molecule has 0 aromatic carbocycles. The Morgan fingerprint density at radius 2 is 1.50 bits per heavy atom. The molecule has 12 heavy (non-hydrogen) atoms. The van der Waals surface area contributed by atoms with Gasteiger partial charge in [0.15, 0.2) is 0 Å². The van der Waals surface area contributed by atoms with E-state index < -0.39 is 0 Å². The summed E-state index contributed by atoms with van der Waals surface area (Å²) in [6, 6.07) is 0. The number of hydrogen-bond donors (Lipinski definition) is 0. The Hall–Kier alpha value is 0.168. The van der Waals surface area contributed by atoms with Crippen LogP contribution in [0.25, 0.3) is 0 Å². The van der Waals surface area contributed by atoms with E-state index in [1.807, 2.05) is 52.7 Å². The topological polar surface area (TPSA) is 0 Å². The van der Waals surface area contributed by atoms with Gasteiger partial charge in [0.05, 0.1) is 0 Å². The van der Waals surface area contributed by atoms with Crippen LogP contribution in [-0.2, 0) is 21.1 Å². The summed E-state index contributed by atoms with van der Waals surface area (Å²) in [4.78, 5) is 0. The molecule has 0 saturated heterocycles. The maximum atomic E-state index is 2.99. The zero-order chi connectivity index (χ0) is 8.95. The summed E-state index contributed by atoms with van der Waals surface area (Å²) in [6.07, 6.45) is 14.0. The number of hydrogen-bond acceptors (Lipinski definition) is 0. The van der Waals surface area contributed by atoms with Crippen molar-refractivity contribution in [2.24, 2.45) is 0 Å². The van der Waals surface area contributed by atoms with E-state index in [4.69, 9.17) is 0 Å². The third-order valence-corrected chi connectivity index (χ3v) is 0.586. The van der Waals surface area contributed by atoms with E-state index in [0.29, 0.717) is 0 Å². The standard InChI is InChI=1S/C5H5.2C3H7.W.2H/c1-2-4-5-3-1;2*1-3-2;;;/h1-3H,4H2;2*3H,1-2H3;;;/q3*-1;;;. The summed E-state index contributed by atoms with van der Waals surface area (Å²) in [5, 5.41) is 0. The molecule has 0 aliphatic heterocycles. The van der Waals surface area contributed by atoms with Crippen molar-refractivity contribution in [3.05, 3.63) is 37.1 Å². The zero-order valence-electron chi connectivity index (χ0n) is 8.59. The van der Waals surface area contributed by atoms with Crippen molar-refractivity contribution < 1.29 is 21.1 Å². The van der Waals surface area contributed by atoms with E-state index in [1.54, 1.807) is 0 Å². The van der Waals surface area contributed by atoms with Crippen LogP contribution in [-0.4, -0.2) is 0 Å². The molecular weight excluding hydrogens is 316 g/mol. The van der Waals surface area contributed by atoms with Gasteiger partial charge in [-0.05, 0) is 0 Å². The molecule has 0 atom stereocenters. The second-order valence-electron chi connectivity index (χ2n) is 2.16. The van der Waals surface area contributed by atoms with Crippen LogP contribution < -0.4 is 0 Å². The molecule has 74 valence electrons. The second-order valence-corrected chi connectivity index (χ2v) is 2.16. The average molecular weight is 337 g/mol. The van der Waals surface area contributed by atoms with Crippen LogP contribution in [0.3, 0.4) is 0 Å². The van der Waals surface area contributed by atoms with Crippen LogP contribution in [0.15, 0.2) is 18.2 Å². The van der Waals surface area contributed by atoms with Gasteiger partial charge in [0.1, 0.15) is 0 Å². The molecule has 1 rings (SSSR count). The predicted molar refractivity (Wildman–Crippen MR) is 55.7 cm³/mol. The minimum atomic E-state index is 0. The first-order chi connectivity index (χ1) is 5.33. The summed E-state index contributed by atoms with van der Waals surface area (Å²) in [7, 11) is 0. The summed E-state index contributed by atoms with van der Waals surface area (Å²) in [5.74, 6) is 0. The molecule has 0 aromatic rings. The van der Waals surface area contributed by atoms with Gasteiger partial charge in [-0.2, -0.15) is 33.8 Å². The zero-order valence-corrected chi connectivity index (χ0v) is 12.2. The molecule has 0 amide bonds. The van der Waals surface area contributed by atoms with Crippen LogP contribution in [0.1, 0.15) is 34.1 Å². The van der Waals surface area contributed by atoms with Gasteiger partial charge >= 0.3 is 21.1 Å². The van der Waals surface area contributed by atoms with Gasteiger partial charge in [-0.3, -0.25) is 6.08 Å². The Morgan fingerprint density at radius 1 is 1.08 bits per heavy atom. The van der Waals surface area contributed by atoms with Gasteiger partial charge in [0, 0.05) is 0 Å². The van der Waals surface area contributed by atoms with E-state index in [1.165, 1.54) is 0 Å². The molecule has 0 N–H and O–H groups in total. The predicted octanol–water partition coefficient (Wildman–Crippen LogP) is 3.23. The van der Waals surface area contributed by atoms with Crippen molar-refractivity contribution >= 4 is 0 Å². The molecule has 0 heterocycles. The van der Waals surface area contributed by atoms with E-state index in [9.17, 15) is 0 Å². The minimum absolute atomic E-state index is 0. The van der Waals surface area contributed by atoms with Crippen LogP contribution >= 0.6 is 0 Å². The van der Waals surface area contributed by atoms with Crippen molar-refractivity contribution in [1.82, 2.24) is 0 Å². The first-order valence-corrected chi connectivity index (χ1v) is 4.03. The van der Waals surface area contributed by atoms with E-state index in [-0.39, 0.29) is 21.1 Å². The molecule has 1 aliphatic carbocycles. The summed E-state index contributed by atoms with van der Waals surface area (Å²) in [5.41, 5.74) is 0. The Bertz CT molecular complexity index is 81.2. The molecule has 0 nitrogen and oxygen atoms in total. The quantitative estimate of drug-likeness (QED) is 0.596. The molecule has 0 saturated carbocycles. The Labute approximate surface area is 92.4 Å². The molecule has 0 spiro atoms. The normalized spacial score (nSPS) is 10.3. The molecule has 1 aliphatic rings. The van der Waals surface area contributed by atoms with Gasteiger partial charge in [0.25, 0.3) is 0 Å². The van der Waals surface area contributed by atoms with Crippen molar-refractivity contribution in [1.29, 1.82) is 0 Å². The van der Waals surface area contributed by atoms with Crippen molar-refractivity contribution in [3.63, 3.8) is 0 Å². The average Bonchev–Trinajstić information content (AvgIpc) is 2.44. The van der Waals surface area contributed by atoms with Crippen LogP contribution in [0, 0.1) is 18.9 Å². The molecule has 0 radical (unpaired) electrons. The molecule has 1 heteroatoms. The molecule has 0 fully saturated rings. The van der Waals surface area contributed by atoms with Gasteiger partial charge in [-0.1, -0.05) is 0 Å². The van der Waals surface area contributed by atoms with Crippen LogP contribution in [0.5, 0.6) is 0 Å². The van der Waals surface area contributed by atoms with Gasteiger partial charge < -0.3 is 12.8 Å². The summed E-state index contributed by atoms with van der Waals surface area (Å²) >= 11 is 0. The molecule has 0 aromatic heterocycles. The first kappa shape index (κ1) is 18.1. The van der Waals surface area contributed by atoms with E-state index in [0.717, 1.165) is 6.42 Å². The first-order valence-electron chi connectivity index (χ1n) is 4.03. The molecular formula is C11H21W-3. The molecule has 0 unspecified atom stereocenters. The van der Waals surface area contributed by atoms with Crippen LogP contribution in [0.2, 0.25) is 0 Å². The van der Waals surface area contributed by atoms with E-state index >= 15 is 0 Å². The van der Waals surface area contributed by atoms with Gasteiger partial charge in [-0.25, -0.2) is 12.2 Å². The fraction of sp³-hybridized carbons (Fsp3) is 0.455. The fourth-order valence-corrected chi connectivity index (χ4v) is 0.340. The third kappa shape index (κ3) is 32.0. The van der Waals surface area contributed by atoms with Crippen LogP contribution in [0.4, 0.5) is 0 Å². The van der Waals surface area contributed by atoms with Gasteiger partial charge in [-0.15, -0.1) is 6.42 Å². The summed E-state index contributed by atoms with van der Waals surface area (Å²) in [6.45, 7) is 8.00. The van der Waals surface area contributed by atoms with Crippen molar-refractivity contribution in [2.75, 3.05) is 0 Å². The Balaban J connectivity index is -0.000000104. The van der Waals surface area contributed by atoms with E-state index in [2.05, 4.69) is 12.2 Å². The summed E-state index contributed by atoms with van der Waals surface area (Å²) < 4.78 is 0. The number of allylic oxidation sites excluding steroid dienone is 4. The monoisotopic (exact) mass is 337 g/mol. The maximum absolute atomic E-state index is 2.99. The Morgan fingerprint density at radius 3 is 1.58 bits per heavy atom. The van der Waals surface area contributed by atoms with Crippen molar-refractivity contribution in [2.45, 2.75) is 34.1 Å². The molecule has 0 bridgehead atoms. The SMILES string of the molecule is C[CH-]C.C[CH-]C.[C-]1=CC=CC1.[WH2]. The third-order valence-electron chi connectivity index (χ3n) is 0.586. The van der Waals surface area contributed by atoms with Crippen molar-refractivity contribution in [3.8, 4) is 0 Å². The number of rotatable bonds is 0.